The summed E-state index contributed by atoms with van der Waals surface area (Å²) in [4.78, 5) is 4.69. The predicted molar refractivity (Wildman–Crippen MR) is 81.3 cm³/mol. The molecule has 0 saturated carbocycles. The molecule has 0 unspecified atom stereocenters. The third-order valence-corrected chi connectivity index (χ3v) is 3.65. The van der Waals surface area contributed by atoms with Gasteiger partial charge in [0, 0.05) is 25.3 Å². The van der Waals surface area contributed by atoms with Crippen LogP contribution < -0.4 is 0 Å². The number of aryl methyl sites for hydroxylation is 4. The number of imidazole rings is 1. The third kappa shape index (κ3) is 2.59. The van der Waals surface area contributed by atoms with E-state index in [9.17, 15) is 0 Å². The molecular weight excluding hydrogens is 272 g/mol. The first-order valence-corrected chi connectivity index (χ1v) is 7.35. The van der Waals surface area contributed by atoms with Crippen LogP contribution in [0.2, 0.25) is 0 Å². The van der Waals surface area contributed by atoms with Crippen molar-refractivity contribution < 1.29 is 4.42 Å². The standard InChI is InChI=1S/C16H17ClN2O/c1-12-4-5-14-15(11-12)19(16(18-14)6-8-17)9-7-13-3-2-10-20-13/h2-5,10-11H,6-9H2,1H3. The van der Waals surface area contributed by atoms with E-state index in [4.69, 9.17) is 21.0 Å². The van der Waals surface area contributed by atoms with Gasteiger partial charge in [-0.15, -0.1) is 11.6 Å². The lowest BCUT2D eigenvalue weighted by Crippen LogP contribution is -2.06. The Hall–Kier alpha value is -1.74. The summed E-state index contributed by atoms with van der Waals surface area (Å²) in [6.07, 6.45) is 3.36. The van der Waals surface area contributed by atoms with Gasteiger partial charge in [-0.05, 0) is 36.8 Å². The van der Waals surface area contributed by atoms with Crippen molar-refractivity contribution in [3.05, 3.63) is 53.7 Å². The van der Waals surface area contributed by atoms with Crippen LogP contribution >= 0.6 is 11.6 Å². The Morgan fingerprint density at radius 2 is 2.15 bits per heavy atom. The van der Waals surface area contributed by atoms with Crippen LogP contribution in [0.3, 0.4) is 0 Å². The van der Waals surface area contributed by atoms with Crippen molar-refractivity contribution in [1.82, 2.24) is 9.55 Å². The smallest absolute Gasteiger partial charge is 0.111 e. The maximum atomic E-state index is 5.89. The molecule has 0 spiro atoms. The number of alkyl halides is 1. The van der Waals surface area contributed by atoms with Gasteiger partial charge in [0.15, 0.2) is 0 Å². The average Bonchev–Trinajstić information content (AvgIpc) is 3.04. The summed E-state index contributed by atoms with van der Waals surface area (Å²) >= 11 is 5.89. The van der Waals surface area contributed by atoms with Crippen molar-refractivity contribution in [2.24, 2.45) is 0 Å². The van der Waals surface area contributed by atoms with E-state index in [-0.39, 0.29) is 0 Å². The number of nitrogens with zero attached hydrogens (tertiary/aromatic N) is 2. The van der Waals surface area contributed by atoms with Crippen LogP contribution in [-0.4, -0.2) is 15.4 Å². The summed E-state index contributed by atoms with van der Waals surface area (Å²) in [6, 6.07) is 10.3. The van der Waals surface area contributed by atoms with Crippen LogP contribution in [0.1, 0.15) is 17.1 Å². The molecule has 104 valence electrons. The van der Waals surface area contributed by atoms with Crippen LogP contribution in [-0.2, 0) is 19.4 Å². The summed E-state index contributed by atoms with van der Waals surface area (Å²) < 4.78 is 7.66. The molecule has 20 heavy (non-hydrogen) atoms. The molecule has 0 fully saturated rings. The van der Waals surface area contributed by atoms with Gasteiger partial charge in [0.05, 0.1) is 17.3 Å². The van der Waals surface area contributed by atoms with E-state index in [1.807, 2.05) is 12.1 Å². The van der Waals surface area contributed by atoms with E-state index in [0.717, 1.165) is 36.5 Å². The molecular formula is C16H17ClN2O. The predicted octanol–water partition coefficient (Wildman–Crippen LogP) is 3.96. The largest absolute Gasteiger partial charge is 0.469 e. The SMILES string of the molecule is Cc1ccc2nc(CCCl)n(CCc3ccco3)c2c1. The second-order valence-corrected chi connectivity index (χ2v) is 5.32. The van der Waals surface area contributed by atoms with Gasteiger partial charge in [-0.1, -0.05) is 6.07 Å². The van der Waals surface area contributed by atoms with Gasteiger partial charge in [0.2, 0.25) is 0 Å². The molecule has 0 aliphatic rings. The summed E-state index contributed by atoms with van der Waals surface area (Å²) in [5.41, 5.74) is 3.46. The molecule has 0 radical (unpaired) electrons. The highest BCUT2D eigenvalue weighted by molar-refractivity contribution is 6.17. The highest BCUT2D eigenvalue weighted by atomic mass is 35.5. The Bertz CT molecular complexity index is 701. The molecule has 0 bridgehead atoms. The minimum atomic E-state index is 0.586. The fourth-order valence-electron chi connectivity index (χ4n) is 2.48. The van der Waals surface area contributed by atoms with E-state index in [1.165, 1.54) is 11.1 Å². The first kappa shape index (κ1) is 13.3. The van der Waals surface area contributed by atoms with Crippen LogP contribution in [0.4, 0.5) is 0 Å². The van der Waals surface area contributed by atoms with Gasteiger partial charge >= 0.3 is 0 Å². The number of furan rings is 1. The maximum absolute atomic E-state index is 5.89. The lowest BCUT2D eigenvalue weighted by Gasteiger charge is -2.07. The van der Waals surface area contributed by atoms with Gasteiger partial charge < -0.3 is 8.98 Å². The summed E-state index contributed by atoms with van der Waals surface area (Å²) in [6.45, 7) is 2.96. The number of aromatic nitrogens is 2. The van der Waals surface area contributed by atoms with Crippen molar-refractivity contribution in [3.8, 4) is 0 Å². The first-order chi connectivity index (χ1) is 9.78. The fourth-order valence-corrected chi connectivity index (χ4v) is 2.65. The summed E-state index contributed by atoms with van der Waals surface area (Å²) in [5, 5.41) is 0. The number of benzene rings is 1. The van der Waals surface area contributed by atoms with Gasteiger partial charge in [-0.2, -0.15) is 0 Å². The number of hydrogen-bond acceptors (Lipinski definition) is 2. The zero-order chi connectivity index (χ0) is 13.9. The molecule has 3 nitrogen and oxygen atoms in total. The normalized spacial score (nSPS) is 11.3. The molecule has 0 saturated heterocycles. The molecule has 0 aliphatic carbocycles. The van der Waals surface area contributed by atoms with Gasteiger partial charge in [0.1, 0.15) is 11.6 Å². The molecule has 2 heterocycles. The number of halogens is 1. The van der Waals surface area contributed by atoms with Crippen molar-refractivity contribution in [1.29, 1.82) is 0 Å². The van der Waals surface area contributed by atoms with E-state index in [1.54, 1.807) is 6.26 Å². The molecule has 3 rings (SSSR count). The Morgan fingerprint density at radius 3 is 2.90 bits per heavy atom. The van der Waals surface area contributed by atoms with Crippen LogP contribution in [0.25, 0.3) is 11.0 Å². The Kier molecular flexibility index (Phi) is 3.79. The molecule has 0 amide bonds. The average molecular weight is 289 g/mol. The third-order valence-electron chi connectivity index (χ3n) is 3.46. The lowest BCUT2D eigenvalue weighted by atomic mass is 10.2. The van der Waals surface area contributed by atoms with Crippen LogP contribution in [0.5, 0.6) is 0 Å². The minimum absolute atomic E-state index is 0.586. The zero-order valence-electron chi connectivity index (χ0n) is 11.5. The Balaban J connectivity index is 1.96. The Morgan fingerprint density at radius 1 is 1.25 bits per heavy atom. The van der Waals surface area contributed by atoms with Crippen LogP contribution in [0, 0.1) is 6.92 Å². The van der Waals surface area contributed by atoms with Crippen molar-refractivity contribution >= 4 is 22.6 Å². The van der Waals surface area contributed by atoms with Crippen molar-refractivity contribution in [2.45, 2.75) is 26.3 Å². The topological polar surface area (TPSA) is 31.0 Å². The minimum Gasteiger partial charge on any atom is -0.469 e. The van der Waals surface area contributed by atoms with Gasteiger partial charge in [-0.3, -0.25) is 0 Å². The highest BCUT2D eigenvalue weighted by Crippen LogP contribution is 2.19. The lowest BCUT2D eigenvalue weighted by molar-refractivity contribution is 0.490. The quantitative estimate of drug-likeness (QED) is 0.665. The second kappa shape index (κ2) is 5.71. The molecule has 0 aliphatic heterocycles. The molecule has 2 aromatic heterocycles. The first-order valence-electron chi connectivity index (χ1n) is 6.82. The second-order valence-electron chi connectivity index (χ2n) is 4.94. The monoisotopic (exact) mass is 288 g/mol. The van der Waals surface area contributed by atoms with Crippen LogP contribution in [0.15, 0.2) is 41.0 Å². The molecule has 4 heteroatoms. The fraction of sp³-hybridized carbons (Fsp3) is 0.312. The van der Waals surface area contributed by atoms with Gasteiger partial charge in [-0.25, -0.2) is 4.98 Å². The number of fused-ring (bicyclic) bond motifs is 1. The van der Waals surface area contributed by atoms with E-state index < -0.39 is 0 Å². The molecule has 0 atom stereocenters. The van der Waals surface area contributed by atoms with Gasteiger partial charge in [0.25, 0.3) is 0 Å². The number of hydrogen-bond donors (Lipinski definition) is 0. The molecule has 0 N–H and O–H groups in total. The molecule has 1 aromatic carbocycles. The molecule has 3 aromatic rings. The number of rotatable bonds is 5. The van der Waals surface area contributed by atoms with E-state index in [2.05, 4.69) is 29.7 Å². The zero-order valence-corrected chi connectivity index (χ0v) is 12.2. The van der Waals surface area contributed by atoms with Crippen molar-refractivity contribution in [3.63, 3.8) is 0 Å². The summed E-state index contributed by atoms with van der Waals surface area (Å²) in [7, 11) is 0. The van der Waals surface area contributed by atoms with Crippen molar-refractivity contribution in [2.75, 3.05) is 5.88 Å². The Labute approximate surface area is 123 Å². The highest BCUT2D eigenvalue weighted by Gasteiger charge is 2.11. The van der Waals surface area contributed by atoms with E-state index in [0.29, 0.717) is 5.88 Å². The maximum Gasteiger partial charge on any atom is 0.111 e. The summed E-state index contributed by atoms with van der Waals surface area (Å²) in [5.74, 6) is 2.63. The van der Waals surface area contributed by atoms with E-state index >= 15 is 0 Å².